The molecule has 3 rings (SSSR count). The molecule has 5 unspecified atom stereocenters. The second kappa shape index (κ2) is 4.13. The Bertz CT molecular complexity index is 349. The fourth-order valence-electron chi connectivity index (χ4n) is 4.43. The van der Waals surface area contributed by atoms with Gasteiger partial charge in [-0.2, -0.15) is 0 Å². The van der Waals surface area contributed by atoms with Gasteiger partial charge in [0.05, 0.1) is 12.2 Å². The zero-order valence-corrected chi connectivity index (χ0v) is 10.1. The van der Waals surface area contributed by atoms with Gasteiger partial charge < -0.3 is 9.84 Å². The zero-order chi connectivity index (χ0) is 12.0. The van der Waals surface area contributed by atoms with E-state index < -0.39 is 5.97 Å². The molecule has 3 nitrogen and oxygen atoms in total. The van der Waals surface area contributed by atoms with Crippen LogP contribution in [0.25, 0.3) is 0 Å². The molecule has 5 atom stereocenters. The lowest BCUT2D eigenvalue weighted by Crippen LogP contribution is -2.32. The Balaban J connectivity index is 1.64. The number of esters is 1. The van der Waals surface area contributed by atoms with Crippen LogP contribution in [0.1, 0.15) is 32.1 Å². The third-order valence-corrected chi connectivity index (χ3v) is 5.11. The molecule has 0 aliphatic heterocycles. The highest BCUT2D eigenvalue weighted by molar-refractivity contribution is 5.88. The maximum absolute atomic E-state index is 11.6. The third kappa shape index (κ3) is 1.71. The fourth-order valence-corrected chi connectivity index (χ4v) is 4.43. The number of rotatable bonds is 3. The van der Waals surface area contributed by atoms with Crippen LogP contribution in [-0.4, -0.2) is 23.8 Å². The van der Waals surface area contributed by atoms with E-state index in [0.717, 1.165) is 24.2 Å². The first-order valence-electron chi connectivity index (χ1n) is 6.70. The molecule has 0 spiro atoms. The summed E-state index contributed by atoms with van der Waals surface area (Å²) in [5.41, 5.74) is 0.177. The second-order valence-electron chi connectivity index (χ2n) is 5.86. The summed E-state index contributed by atoms with van der Waals surface area (Å²) >= 11 is 0. The number of carbonyl (C=O) groups excluding carboxylic acids is 1. The van der Waals surface area contributed by atoms with Crippen molar-refractivity contribution in [3.63, 3.8) is 0 Å². The van der Waals surface area contributed by atoms with E-state index in [4.69, 9.17) is 9.84 Å². The minimum absolute atomic E-state index is 0.0927. The number of aliphatic hydroxyl groups is 1. The van der Waals surface area contributed by atoms with Crippen molar-refractivity contribution in [2.75, 3.05) is 6.61 Å². The predicted molar refractivity (Wildman–Crippen MR) is 63.2 cm³/mol. The van der Waals surface area contributed by atoms with E-state index in [9.17, 15) is 4.79 Å². The zero-order valence-electron chi connectivity index (χ0n) is 10.1. The SMILES string of the molecule is C=C(CO)C(=O)OC1CC2CC1C1CCCC21. The van der Waals surface area contributed by atoms with Gasteiger partial charge in [-0.1, -0.05) is 13.0 Å². The minimum atomic E-state index is -0.403. The van der Waals surface area contributed by atoms with E-state index in [2.05, 4.69) is 6.58 Å². The van der Waals surface area contributed by atoms with E-state index >= 15 is 0 Å². The molecule has 0 heterocycles. The van der Waals surface area contributed by atoms with Crippen LogP contribution in [0, 0.1) is 23.7 Å². The molecule has 3 saturated carbocycles. The molecular formula is C14H20O3. The average Bonchev–Trinajstić information content (AvgIpc) is 2.98. The van der Waals surface area contributed by atoms with Crippen LogP contribution >= 0.6 is 0 Å². The van der Waals surface area contributed by atoms with E-state index in [1.54, 1.807) is 0 Å². The van der Waals surface area contributed by atoms with Crippen LogP contribution in [-0.2, 0) is 9.53 Å². The average molecular weight is 236 g/mol. The van der Waals surface area contributed by atoms with Crippen molar-refractivity contribution in [2.24, 2.45) is 23.7 Å². The van der Waals surface area contributed by atoms with Gasteiger partial charge in [-0.15, -0.1) is 0 Å². The van der Waals surface area contributed by atoms with Crippen molar-refractivity contribution < 1.29 is 14.6 Å². The van der Waals surface area contributed by atoms with Crippen LogP contribution in [0.3, 0.4) is 0 Å². The summed E-state index contributed by atoms with van der Waals surface area (Å²) < 4.78 is 5.51. The Hall–Kier alpha value is -0.830. The van der Waals surface area contributed by atoms with Gasteiger partial charge in [0, 0.05) is 0 Å². The van der Waals surface area contributed by atoms with Crippen molar-refractivity contribution >= 4 is 5.97 Å². The van der Waals surface area contributed by atoms with Gasteiger partial charge in [0.15, 0.2) is 0 Å². The van der Waals surface area contributed by atoms with Gasteiger partial charge in [-0.05, 0) is 49.4 Å². The van der Waals surface area contributed by atoms with E-state index in [1.807, 2.05) is 0 Å². The second-order valence-corrected chi connectivity index (χ2v) is 5.86. The van der Waals surface area contributed by atoms with Crippen LogP contribution < -0.4 is 0 Å². The molecule has 2 bridgehead atoms. The first-order valence-corrected chi connectivity index (χ1v) is 6.70. The summed E-state index contributed by atoms with van der Waals surface area (Å²) in [5.74, 6) is 2.68. The Morgan fingerprint density at radius 2 is 2.00 bits per heavy atom. The maximum Gasteiger partial charge on any atom is 0.336 e. The van der Waals surface area contributed by atoms with Gasteiger partial charge in [0.1, 0.15) is 6.10 Å². The number of fused-ring (bicyclic) bond motifs is 5. The van der Waals surface area contributed by atoms with Gasteiger partial charge in [0.25, 0.3) is 0 Å². The molecular weight excluding hydrogens is 216 g/mol. The largest absolute Gasteiger partial charge is 0.459 e. The fraction of sp³-hybridized carbons (Fsp3) is 0.786. The molecule has 0 aromatic carbocycles. The Kier molecular flexibility index (Phi) is 2.74. The first-order chi connectivity index (χ1) is 8.20. The Morgan fingerprint density at radius 1 is 1.24 bits per heavy atom. The van der Waals surface area contributed by atoms with Crippen molar-refractivity contribution in [1.82, 2.24) is 0 Å². The lowest BCUT2D eigenvalue weighted by molar-refractivity contribution is -0.148. The number of ether oxygens (including phenoxy) is 1. The summed E-state index contributed by atoms with van der Waals surface area (Å²) in [6, 6.07) is 0. The molecule has 0 amide bonds. The molecule has 3 aliphatic rings. The van der Waals surface area contributed by atoms with Crippen molar-refractivity contribution in [1.29, 1.82) is 0 Å². The lowest BCUT2D eigenvalue weighted by atomic mass is 9.80. The topological polar surface area (TPSA) is 46.5 Å². The standard InChI is InChI=1S/C14H20O3/c1-8(7-15)14(16)17-13-6-9-5-12(13)11-4-2-3-10(9)11/h9-13,15H,1-7H2. The van der Waals surface area contributed by atoms with Gasteiger partial charge >= 0.3 is 5.97 Å². The normalized spacial score (nSPS) is 42.5. The predicted octanol–water partition coefficient (Wildman–Crippen LogP) is 1.90. The first kappa shape index (κ1) is 11.3. The molecule has 0 aromatic rings. The highest BCUT2D eigenvalue weighted by Crippen LogP contribution is 2.59. The van der Waals surface area contributed by atoms with Gasteiger partial charge in [-0.25, -0.2) is 4.79 Å². The van der Waals surface area contributed by atoms with Gasteiger partial charge in [-0.3, -0.25) is 0 Å². The Morgan fingerprint density at radius 3 is 2.76 bits per heavy atom. The summed E-state index contributed by atoms with van der Waals surface area (Å²) in [7, 11) is 0. The van der Waals surface area contributed by atoms with Crippen molar-refractivity contribution in [2.45, 2.75) is 38.2 Å². The molecule has 1 N–H and O–H groups in total. The quantitative estimate of drug-likeness (QED) is 0.601. The summed E-state index contributed by atoms with van der Waals surface area (Å²) in [5, 5.41) is 8.86. The summed E-state index contributed by atoms with van der Waals surface area (Å²) in [6.07, 6.45) is 6.44. The number of hydrogen-bond donors (Lipinski definition) is 1. The monoisotopic (exact) mass is 236 g/mol. The minimum Gasteiger partial charge on any atom is -0.459 e. The van der Waals surface area contributed by atoms with Crippen LogP contribution in [0.5, 0.6) is 0 Å². The molecule has 94 valence electrons. The number of carbonyl (C=O) groups is 1. The Labute approximate surface area is 102 Å². The number of aliphatic hydroxyl groups excluding tert-OH is 1. The van der Waals surface area contributed by atoms with Crippen molar-refractivity contribution in [3.8, 4) is 0 Å². The van der Waals surface area contributed by atoms with E-state index in [0.29, 0.717) is 5.92 Å². The van der Waals surface area contributed by atoms with E-state index in [-0.39, 0.29) is 18.3 Å². The van der Waals surface area contributed by atoms with Crippen LogP contribution in [0.2, 0.25) is 0 Å². The smallest absolute Gasteiger partial charge is 0.336 e. The lowest BCUT2D eigenvalue weighted by Gasteiger charge is -2.31. The van der Waals surface area contributed by atoms with E-state index in [1.165, 1.54) is 25.7 Å². The maximum atomic E-state index is 11.6. The summed E-state index contributed by atoms with van der Waals surface area (Å²) in [4.78, 5) is 11.6. The third-order valence-electron chi connectivity index (χ3n) is 5.11. The molecule has 0 aromatic heterocycles. The highest BCUT2D eigenvalue weighted by atomic mass is 16.5. The molecule has 0 radical (unpaired) electrons. The van der Waals surface area contributed by atoms with Crippen molar-refractivity contribution in [3.05, 3.63) is 12.2 Å². The molecule has 0 saturated heterocycles. The number of hydrogen-bond acceptors (Lipinski definition) is 3. The molecule has 3 heteroatoms. The molecule has 3 fully saturated rings. The molecule has 3 aliphatic carbocycles. The van der Waals surface area contributed by atoms with Crippen LogP contribution in [0.4, 0.5) is 0 Å². The van der Waals surface area contributed by atoms with Crippen LogP contribution in [0.15, 0.2) is 12.2 Å². The highest BCUT2D eigenvalue weighted by Gasteiger charge is 2.55. The van der Waals surface area contributed by atoms with Gasteiger partial charge in [0.2, 0.25) is 0 Å². The molecule has 17 heavy (non-hydrogen) atoms. The summed E-state index contributed by atoms with van der Waals surface area (Å²) in [6.45, 7) is 3.22.